The maximum atomic E-state index is 15.1. The number of hydrogen-bond donors (Lipinski definition) is 0. The molecule has 0 saturated carbocycles. The summed E-state index contributed by atoms with van der Waals surface area (Å²) in [5.74, 6) is -1.06. The maximum absolute atomic E-state index is 15.1. The van der Waals surface area contributed by atoms with E-state index in [1.807, 2.05) is 12.1 Å². The minimum Gasteiger partial charge on any atom is -0.497 e. The van der Waals surface area contributed by atoms with Gasteiger partial charge in [-0.15, -0.1) is 11.3 Å². The van der Waals surface area contributed by atoms with E-state index in [0.717, 1.165) is 22.5 Å². The molecule has 5 nitrogen and oxygen atoms in total. The molecule has 0 aliphatic carbocycles. The third kappa shape index (κ3) is 4.58. The molecule has 34 heavy (non-hydrogen) atoms. The van der Waals surface area contributed by atoms with E-state index in [4.69, 9.17) is 14.2 Å². The first-order valence-corrected chi connectivity index (χ1v) is 10.9. The van der Waals surface area contributed by atoms with E-state index in [9.17, 15) is 9.18 Å². The third-order valence-corrected chi connectivity index (χ3v) is 6.28. The summed E-state index contributed by atoms with van der Waals surface area (Å²) in [6.07, 6.45) is 2.92. The Kier molecular flexibility index (Phi) is 6.79. The van der Waals surface area contributed by atoms with Crippen LogP contribution in [-0.2, 0) is 9.53 Å². The van der Waals surface area contributed by atoms with Gasteiger partial charge in [0, 0.05) is 11.5 Å². The minimum atomic E-state index is -0.820. The zero-order valence-electron chi connectivity index (χ0n) is 18.6. The fraction of sp³-hybridized carbons (Fsp3) is 0.115. The van der Waals surface area contributed by atoms with Gasteiger partial charge in [-0.05, 0) is 59.7 Å². The lowest BCUT2D eigenvalue weighted by molar-refractivity contribution is -0.134. The highest BCUT2D eigenvalue weighted by atomic mass is 32.1. The van der Waals surface area contributed by atoms with Gasteiger partial charge in [0.2, 0.25) is 0 Å². The van der Waals surface area contributed by atoms with Crippen LogP contribution >= 0.6 is 11.3 Å². The molecule has 0 aliphatic rings. The number of methoxy groups -OCH3 is 3. The Balaban J connectivity index is 1.79. The van der Waals surface area contributed by atoms with Gasteiger partial charge in [-0.2, -0.15) is 0 Å². The lowest BCUT2D eigenvalue weighted by Gasteiger charge is -2.10. The normalized spacial score (nSPS) is 11.1. The molecule has 0 aliphatic heterocycles. The molecule has 8 heteroatoms. The molecule has 0 amide bonds. The van der Waals surface area contributed by atoms with Gasteiger partial charge >= 0.3 is 5.97 Å². The summed E-state index contributed by atoms with van der Waals surface area (Å²) in [4.78, 5) is 11.9. The van der Waals surface area contributed by atoms with E-state index in [-0.39, 0.29) is 4.70 Å². The Morgan fingerprint density at radius 2 is 1.56 bits per heavy atom. The monoisotopic (exact) mass is 482 g/mol. The highest BCUT2D eigenvalue weighted by molar-refractivity contribution is 7.22. The van der Waals surface area contributed by atoms with Gasteiger partial charge < -0.3 is 18.9 Å². The van der Waals surface area contributed by atoms with Crippen molar-refractivity contribution in [3.63, 3.8) is 0 Å². The molecular formula is C26H20F2O5S. The van der Waals surface area contributed by atoms with Crippen molar-refractivity contribution >= 4 is 33.5 Å². The minimum absolute atomic E-state index is 0.219. The fourth-order valence-corrected chi connectivity index (χ4v) is 4.49. The summed E-state index contributed by atoms with van der Waals surface area (Å²) >= 11 is 1.14. The number of carbonyl (C=O) groups excluding carboxylic acids is 1. The van der Waals surface area contributed by atoms with Crippen molar-refractivity contribution in [2.45, 2.75) is 0 Å². The summed E-state index contributed by atoms with van der Waals surface area (Å²) < 4.78 is 50.7. The Labute approximate surface area is 198 Å². The van der Waals surface area contributed by atoms with Crippen LogP contribution in [0.25, 0.3) is 26.6 Å². The second kappa shape index (κ2) is 9.93. The number of thiophene rings is 1. The van der Waals surface area contributed by atoms with Crippen LogP contribution in [0.15, 0.2) is 60.7 Å². The summed E-state index contributed by atoms with van der Waals surface area (Å²) in [5, 5.41) is 0.293. The van der Waals surface area contributed by atoms with Crippen LogP contribution in [0.3, 0.4) is 0 Å². The van der Waals surface area contributed by atoms with Crippen molar-refractivity contribution in [1.82, 2.24) is 0 Å². The van der Waals surface area contributed by atoms with Gasteiger partial charge in [-0.1, -0.05) is 12.1 Å². The van der Waals surface area contributed by atoms with E-state index in [0.29, 0.717) is 27.5 Å². The first-order chi connectivity index (χ1) is 16.4. The average Bonchev–Trinajstić information content (AvgIpc) is 3.21. The Hall–Kier alpha value is -3.91. The van der Waals surface area contributed by atoms with Gasteiger partial charge in [0.05, 0.1) is 30.9 Å². The van der Waals surface area contributed by atoms with Gasteiger partial charge in [0.25, 0.3) is 0 Å². The number of ether oxygens (including phenoxy) is 4. The highest BCUT2D eigenvalue weighted by Crippen LogP contribution is 2.49. The molecule has 4 rings (SSSR count). The summed E-state index contributed by atoms with van der Waals surface area (Å²) in [6, 6.07) is 15.3. The lowest BCUT2D eigenvalue weighted by atomic mass is 10.1. The molecule has 0 radical (unpaired) electrons. The molecule has 174 valence electrons. The van der Waals surface area contributed by atoms with Crippen LogP contribution in [0.1, 0.15) is 5.56 Å². The van der Waals surface area contributed by atoms with E-state index >= 15 is 4.39 Å². The molecule has 4 aromatic rings. The molecular weight excluding hydrogens is 462 g/mol. The highest BCUT2D eigenvalue weighted by Gasteiger charge is 2.24. The largest absolute Gasteiger partial charge is 0.497 e. The van der Waals surface area contributed by atoms with Crippen LogP contribution in [0.4, 0.5) is 8.78 Å². The lowest BCUT2D eigenvalue weighted by Crippen LogP contribution is -1.93. The third-order valence-electron chi connectivity index (χ3n) is 5.06. The molecule has 3 aromatic carbocycles. The molecule has 0 unspecified atom stereocenters. The van der Waals surface area contributed by atoms with Crippen LogP contribution in [-0.4, -0.2) is 27.3 Å². The molecule has 0 spiro atoms. The van der Waals surface area contributed by atoms with Crippen LogP contribution in [0.5, 0.6) is 23.0 Å². The Bertz CT molecular complexity index is 1360. The molecule has 0 fully saturated rings. The molecule has 1 aromatic heterocycles. The Morgan fingerprint density at radius 3 is 2.18 bits per heavy atom. The van der Waals surface area contributed by atoms with Gasteiger partial charge in [-0.3, -0.25) is 0 Å². The number of rotatable bonds is 7. The second-order valence-corrected chi connectivity index (χ2v) is 8.12. The summed E-state index contributed by atoms with van der Waals surface area (Å²) in [7, 11) is 4.09. The van der Waals surface area contributed by atoms with Crippen LogP contribution in [0.2, 0.25) is 0 Å². The molecule has 0 saturated heterocycles. The zero-order chi connectivity index (χ0) is 24.2. The van der Waals surface area contributed by atoms with Crippen LogP contribution < -0.4 is 14.2 Å². The van der Waals surface area contributed by atoms with Crippen molar-refractivity contribution in [2.75, 3.05) is 21.3 Å². The smallest absolute Gasteiger partial charge is 0.330 e. The number of esters is 1. The molecule has 1 heterocycles. The van der Waals surface area contributed by atoms with Crippen molar-refractivity contribution in [3.8, 4) is 33.4 Å². The SMILES string of the molecule is COC(=O)C=Cc1ccc(Oc2c(-c3ccc(OC)cc3)sc3c(F)c(OC)c(F)cc23)cc1. The van der Waals surface area contributed by atoms with E-state index in [1.54, 1.807) is 49.6 Å². The number of benzene rings is 3. The van der Waals surface area contributed by atoms with E-state index in [2.05, 4.69) is 4.74 Å². The second-order valence-electron chi connectivity index (χ2n) is 7.10. The quantitative estimate of drug-likeness (QED) is 0.213. The molecule has 0 atom stereocenters. The maximum Gasteiger partial charge on any atom is 0.330 e. The predicted octanol–water partition coefficient (Wildman–Crippen LogP) is 6.84. The van der Waals surface area contributed by atoms with Crippen LogP contribution in [0, 0.1) is 11.6 Å². The predicted molar refractivity (Wildman–Crippen MR) is 128 cm³/mol. The van der Waals surface area contributed by atoms with E-state index in [1.165, 1.54) is 26.4 Å². The topological polar surface area (TPSA) is 54.0 Å². The number of hydrogen-bond acceptors (Lipinski definition) is 6. The fourth-order valence-electron chi connectivity index (χ4n) is 3.34. The van der Waals surface area contributed by atoms with Crippen molar-refractivity contribution in [2.24, 2.45) is 0 Å². The summed E-state index contributed by atoms with van der Waals surface area (Å²) in [6.45, 7) is 0. The Morgan fingerprint density at radius 1 is 0.882 bits per heavy atom. The van der Waals surface area contributed by atoms with Crippen molar-refractivity contribution < 1.29 is 32.5 Å². The number of fused-ring (bicyclic) bond motifs is 1. The first-order valence-electron chi connectivity index (χ1n) is 10.1. The molecule has 0 bridgehead atoms. The summed E-state index contributed by atoms with van der Waals surface area (Å²) in [5.41, 5.74) is 1.51. The molecule has 0 N–H and O–H groups in total. The van der Waals surface area contributed by atoms with Gasteiger partial charge in [-0.25, -0.2) is 13.6 Å². The van der Waals surface area contributed by atoms with Crippen molar-refractivity contribution in [3.05, 3.63) is 77.9 Å². The van der Waals surface area contributed by atoms with Crippen molar-refractivity contribution in [1.29, 1.82) is 0 Å². The van der Waals surface area contributed by atoms with E-state index < -0.39 is 23.4 Å². The number of halogens is 2. The first kappa shape index (κ1) is 23.3. The van der Waals surface area contributed by atoms with Gasteiger partial charge in [0.15, 0.2) is 23.1 Å². The average molecular weight is 483 g/mol. The standard InChI is InChI=1S/C26H20F2O5S/c1-30-17-11-7-16(8-12-17)25-23(19-14-20(27)24(32-3)22(28)26(19)34-25)33-18-9-4-15(5-10-18)6-13-21(29)31-2/h4-14H,1-3H3. The van der Waals surface area contributed by atoms with Gasteiger partial charge in [0.1, 0.15) is 11.5 Å². The number of carbonyl (C=O) groups is 1. The zero-order valence-corrected chi connectivity index (χ0v) is 19.4.